The summed E-state index contributed by atoms with van der Waals surface area (Å²) in [6.07, 6.45) is 0.223. The van der Waals surface area contributed by atoms with Gasteiger partial charge in [-0.25, -0.2) is 0 Å². The van der Waals surface area contributed by atoms with Gasteiger partial charge in [0.25, 0.3) is 5.91 Å². The van der Waals surface area contributed by atoms with E-state index in [2.05, 4.69) is 10.3 Å². The topological polar surface area (TPSA) is 61.8 Å². The zero-order valence-corrected chi connectivity index (χ0v) is 16.3. The number of halogens is 1. The predicted molar refractivity (Wildman–Crippen MR) is 110 cm³/mol. The summed E-state index contributed by atoms with van der Waals surface area (Å²) in [4.78, 5) is 30.9. The van der Waals surface area contributed by atoms with E-state index in [1.807, 2.05) is 30.3 Å². The van der Waals surface area contributed by atoms with Crippen LogP contribution in [0.1, 0.15) is 22.3 Å². The highest BCUT2D eigenvalue weighted by Crippen LogP contribution is 2.20. The van der Waals surface area contributed by atoms with Crippen LogP contribution in [0.15, 0.2) is 59.6 Å². The van der Waals surface area contributed by atoms with Gasteiger partial charge in [0, 0.05) is 25.3 Å². The molecule has 0 spiro atoms. The Morgan fingerprint density at radius 2 is 1.85 bits per heavy atom. The number of amidine groups is 1. The van der Waals surface area contributed by atoms with E-state index in [1.165, 1.54) is 0 Å². The van der Waals surface area contributed by atoms with E-state index in [0.717, 1.165) is 16.5 Å². The van der Waals surface area contributed by atoms with Crippen molar-refractivity contribution in [2.24, 2.45) is 4.99 Å². The molecule has 0 saturated carbocycles. The molecule has 1 fully saturated rings. The quantitative estimate of drug-likeness (QED) is 0.804. The maximum absolute atomic E-state index is 12.5. The summed E-state index contributed by atoms with van der Waals surface area (Å²) < 4.78 is 0. The minimum absolute atomic E-state index is 0.0359. The first-order valence-corrected chi connectivity index (χ1v) is 10.1. The Balaban J connectivity index is 1.51. The fourth-order valence-electron chi connectivity index (χ4n) is 2.66. The number of nitrogens with zero attached hydrogens (tertiary/aromatic N) is 2. The zero-order chi connectivity index (χ0) is 19.1. The number of hydrogen-bond donors (Lipinski definition) is 1. The summed E-state index contributed by atoms with van der Waals surface area (Å²) >= 11 is 7.60. The van der Waals surface area contributed by atoms with E-state index in [9.17, 15) is 9.59 Å². The molecule has 7 heteroatoms. The highest BCUT2D eigenvalue weighted by Gasteiger charge is 2.25. The van der Waals surface area contributed by atoms with Crippen molar-refractivity contribution in [3.63, 3.8) is 0 Å². The van der Waals surface area contributed by atoms with Crippen LogP contribution in [0.2, 0.25) is 5.02 Å². The highest BCUT2D eigenvalue weighted by molar-refractivity contribution is 8.14. The number of rotatable bonds is 6. The van der Waals surface area contributed by atoms with Gasteiger partial charge in [0.05, 0.1) is 17.1 Å². The molecule has 0 radical (unpaired) electrons. The van der Waals surface area contributed by atoms with Gasteiger partial charge in [-0.05, 0) is 17.7 Å². The normalized spacial score (nSPS) is 15.1. The van der Waals surface area contributed by atoms with Gasteiger partial charge in [-0.15, -0.1) is 0 Å². The van der Waals surface area contributed by atoms with Gasteiger partial charge in [0.2, 0.25) is 5.91 Å². The van der Waals surface area contributed by atoms with E-state index in [1.54, 1.807) is 40.9 Å². The van der Waals surface area contributed by atoms with Crippen LogP contribution in [0.25, 0.3) is 0 Å². The van der Waals surface area contributed by atoms with Gasteiger partial charge >= 0.3 is 0 Å². The first-order valence-electron chi connectivity index (χ1n) is 8.69. The summed E-state index contributed by atoms with van der Waals surface area (Å²) in [6, 6.07) is 16.8. The number of benzene rings is 2. The molecule has 0 bridgehead atoms. The molecule has 3 rings (SSSR count). The average molecular weight is 402 g/mol. The van der Waals surface area contributed by atoms with Crippen molar-refractivity contribution in [3.8, 4) is 0 Å². The van der Waals surface area contributed by atoms with Crippen LogP contribution in [0.4, 0.5) is 0 Å². The number of carbonyl (C=O) groups excluding carboxylic acids is 2. The van der Waals surface area contributed by atoms with Gasteiger partial charge in [0.1, 0.15) is 0 Å². The van der Waals surface area contributed by atoms with Crippen LogP contribution in [0.3, 0.4) is 0 Å². The van der Waals surface area contributed by atoms with Crippen LogP contribution in [-0.4, -0.2) is 40.7 Å². The van der Waals surface area contributed by atoms with Crippen molar-refractivity contribution in [2.75, 3.05) is 18.8 Å². The lowest BCUT2D eigenvalue weighted by Gasteiger charge is -2.16. The van der Waals surface area contributed by atoms with Crippen LogP contribution in [0, 0.1) is 0 Å². The standard InChI is InChI=1S/C20H20ClN3O2S/c21-17-9-5-4-8-16(17)19(26)22-11-10-18(25)24-12-13-27-20(24)23-14-15-6-2-1-3-7-15/h1-9H,10-14H2,(H,22,26). The first-order chi connectivity index (χ1) is 13.1. The fourth-order valence-corrected chi connectivity index (χ4v) is 3.85. The number of amides is 2. The molecule has 0 aromatic heterocycles. The van der Waals surface area contributed by atoms with Crippen LogP contribution < -0.4 is 5.32 Å². The molecule has 5 nitrogen and oxygen atoms in total. The van der Waals surface area contributed by atoms with E-state index in [-0.39, 0.29) is 24.8 Å². The van der Waals surface area contributed by atoms with Gasteiger partial charge in [-0.3, -0.25) is 19.5 Å². The Morgan fingerprint density at radius 3 is 2.63 bits per heavy atom. The number of aliphatic imine (C=N–C) groups is 1. The second kappa shape index (κ2) is 9.58. The van der Waals surface area contributed by atoms with Crippen molar-refractivity contribution < 1.29 is 9.59 Å². The molecule has 1 aliphatic heterocycles. The van der Waals surface area contributed by atoms with Crippen LogP contribution in [0.5, 0.6) is 0 Å². The fraction of sp³-hybridized carbons (Fsp3) is 0.250. The number of hydrogen-bond acceptors (Lipinski definition) is 4. The van der Waals surface area contributed by atoms with Crippen molar-refractivity contribution >= 4 is 40.3 Å². The Morgan fingerprint density at radius 1 is 1.11 bits per heavy atom. The predicted octanol–water partition coefficient (Wildman–Crippen LogP) is 3.59. The van der Waals surface area contributed by atoms with Crippen molar-refractivity contribution in [3.05, 3.63) is 70.7 Å². The Kier molecular flexibility index (Phi) is 6.90. The maximum Gasteiger partial charge on any atom is 0.252 e. The molecule has 0 unspecified atom stereocenters. The average Bonchev–Trinajstić information content (AvgIpc) is 3.16. The van der Waals surface area contributed by atoms with Crippen molar-refractivity contribution in [2.45, 2.75) is 13.0 Å². The monoisotopic (exact) mass is 401 g/mol. The smallest absolute Gasteiger partial charge is 0.252 e. The van der Waals surface area contributed by atoms with E-state index in [4.69, 9.17) is 11.6 Å². The lowest BCUT2D eigenvalue weighted by molar-refractivity contribution is -0.126. The third kappa shape index (κ3) is 5.34. The molecule has 0 atom stereocenters. The molecule has 27 heavy (non-hydrogen) atoms. The first kappa shape index (κ1) is 19.5. The molecule has 140 valence electrons. The third-order valence-corrected chi connectivity index (χ3v) is 5.38. The zero-order valence-electron chi connectivity index (χ0n) is 14.7. The molecule has 1 heterocycles. The lowest BCUT2D eigenvalue weighted by atomic mass is 10.2. The Labute approximate surface area is 167 Å². The second-order valence-corrected chi connectivity index (χ2v) is 7.43. The number of carbonyl (C=O) groups is 2. The second-order valence-electron chi connectivity index (χ2n) is 5.96. The summed E-state index contributed by atoms with van der Waals surface area (Å²) in [6.45, 7) is 1.46. The molecule has 2 aromatic carbocycles. The number of nitrogens with one attached hydrogen (secondary N) is 1. The van der Waals surface area contributed by atoms with Gasteiger partial charge in [0.15, 0.2) is 5.17 Å². The van der Waals surface area contributed by atoms with Crippen molar-refractivity contribution in [1.82, 2.24) is 10.2 Å². The molecule has 2 aromatic rings. The lowest BCUT2D eigenvalue weighted by Crippen LogP contribution is -2.35. The van der Waals surface area contributed by atoms with Crippen LogP contribution in [-0.2, 0) is 11.3 Å². The summed E-state index contributed by atoms with van der Waals surface area (Å²) in [5, 5.41) is 3.90. The maximum atomic E-state index is 12.5. The van der Waals surface area contributed by atoms with E-state index >= 15 is 0 Å². The van der Waals surface area contributed by atoms with E-state index < -0.39 is 0 Å². The van der Waals surface area contributed by atoms with Gasteiger partial charge in [-0.2, -0.15) is 0 Å². The Bertz CT molecular complexity index is 842. The molecule has 0 aliphatic carbocycles. The summed E-state index contributed by atoms with van der Waals surface area (Å²) in [5.41, 5.74) is 1.52. The number of thioether (sulfide) groups is 1. The highest BCUT2D eigenvalue weighted by atomic mass is 35.5. The largest absolute Gasteiger partial charge is 0.351 e. The minimum Gasteiger partial charge on any atom is -0.351 e. The molecule has 1 N–H and O–H groups in total. The summed E-state index contributed by atoms with van der Waals surface area (Å²) in [7, 11) is 0. The minimum atomic E-state index is -0.276. The molecular formula is C20H20ClN3O2S. The van der Waals surface area contributed by atoms with Gasteiger partial charge in [-0.1, -0.05) is 65.8 Å². The molecular weight excluding hydrogens is 382 g/mol. The molecule has 1 aliphatic rings. The Hall–Kier alpha value is -2.31. The van der Waals surface area contributed by atoms with E-state index in [0.29, 0.717) is 23.7 Å². The third-order valence-electron chi connectivity index (χ3n) is 4.06. The van der Waals surface area contributed by atoms with Crippen LogP contribution >= 0.6 is 23.4 Å². The van der Waals surface area contributed by atoms with Gasteiger partial charge < -0.3 is 5.32 Å². The molecule has 2 amide bonds. The molecule has 1 saturated heterocycles. The summed E-state index contributed by atoms with van der Waals surface area (Å²) in [5.74, 6) is 0.527. The SMILES string of the molecule is O=C(NCCC(=O)N1CCSC1=NCc1ccccc1)c1ccccc1Cl. The van der Waals surface area contributed by atoms with Crippen molar-refractivity contribution in [1.29, 1.82) is 0 Å².